The van der Waals surface area contributed by atoms with Crippen LogP contribution in [0.15, 0.2) is 57.7 Å². The van der Waals surface area contributed by atoms with Crippen LogP contribution in [0.25, 0.3) is 11.0 Å². The summed E-state index contributed by atoms with van der Waals surface area (Å²) in [6, 6.07) is 13.6. The number of ether oxygens (including phenoxy) is 4. The zero-order valence-corrected chi connectivity index (χ0v) is 16.3. The van der Waals surface area contributed by atoms with E-state index >= 15 is 0 Å². The van der Waals surface area contributed by atoms with E-state index in [0.717, 1.165) is 5.75 Å². The summed E-state index contributed by atoms with van der Waals surface area (Å²) < 4.78 is 26.5. The number of methoxy groups -OCH3 is 1. The van der Waals surface area contributed by atoms with Gasteiger partial charge in [0.05, 0.1) is 26.7 Å². The van der Waals surface area contributed by atoms with Crippen molar-refractivity contribution in [1.29, 1.82) is 0 Å². The van der Waals surface area contributed by atoms with Crippen LogP contribution in [0.1, 0.15) is 18.9 Å². The Morgan fingerprint density at radius 3 is 2.34 bits per heavy atom. The van der Waals surface area contributed by atoms with Gasteiger partial charge in [0.1, 0.15) is 29.4 Å². The molecular formula is C22H22O7. The van der Waals surface area contributed by atoms with Gasteiger partial charge >= 0.3 is 11.6 Å². The number of rotatable bonds is 9. The Bertz CT molecular complexity index is 1020. The first-order chi connectivity index (χ1) is 14.1. The van der Waals surface area contributed by atoms with Crippen molar-refractivity contribution >= 4 is 16.9 Å². The number of fused-ring (bicyclic) bond motifs is 1. The Labute approximate surface area is 167 Å². The van der Waals surface area contributed by atoms with Gasteiger partial charge in [-0.25, -0.2) is 4.79 Å². The highest BCUT2D eigenvalue weighted by Gasteiger charge is 2.10. The van der Waals surface area contributed by atoms with Crippen molar-refractivity contribution in [3.63, 3.8) is 0 Å². The summed E-state index contributed by atoms with van der Waals surface area (Å²) >= 11 is 0. The molecule has 0 atom stereocenters. The first-order valence-corrected chi connectivity index (χ1v) is 9.21. The fourth-order valence-corrected chi connectivity index (χ4v) is 2.74. The fraction of sp³-hybridized carbons (Fsp3) is 0.273. The molecule has 0 aliphatic heterocycles. The molecule has 0 aliphatic carbocycles. The molecule has 0 unspecified atom stereocenters. The zero-order chi connectivity index (χ0) is 20.6. The molecule has 0 bridgehead atoms. The second-order valence-corrected chi connectivity index (χ2v) is 6.12. The van der Waals surface area contributed by atoms with Gasteiger partial charge in [-0.15, -0.1) is 0 Å². The average Bonchev–Trinajstić information content (AvgIpc) is 2.73. The number of benzene rings is 2. The summed E-state index contributed by atoms with van der Waals surface area (Å²) in [5, 5.41) is 0.684. The SMILES string of the molecule is CCOc1ccc(OCCC(=O)OCc2cc(=O)oc3cc(OC)ccc23)cc1. The second kappa shape index (κ2) is 9.64. The number of hydrogen-bond acceptors (Lipinski definition) is 7. The molecule has 1 heterocycles. The van der Waals surface area contributed by atoms with E-state index in [1.807, 2.05) is 6.92 Å². The standard InChI is InChI=1S/C22H22O7/c1-3-26-16-4-6-17(7-5-16)27-11-10-21(23)28-14-15-12-22(24)29-20-13-18(25-2)8-9-19(15)20/h4-9,12-13H,3,10-11,14H2,1-2H3. The molecule has 0 N–H and O–H groups in total. The lowest BCUT2D eigenvalue weighted by Gasteiger charge is -2.09. The van der Waals surface area contributed by atoms with Gasteiger partial charge < -0.3 is 23.4 Å². The highest BCUT2D eigenvalue weighted by molar-refractivity contribution is 5.81. The van der Waals surface area contributed by atoms with Gasteiger partial charge in [0, 0.05) is 23.1 Å². The van der Waals surface area contributed by atoms with Crippen LogP contribution in [0, 0.1) is 0 Å². The molecule has 0 amide bonds. The minimum atomic E-state index is -0.518. The van der Waals surface area contributed by atoms with Crippen molar-refractivity contribution in [1.82, 2.24) is 0 Å². The molecule has 3 aromatic rings. The monoisotopic (exact) mass is 398 g/mol. The van der Waals surface area contributed by atoms with Gasteiger partial charge in [0.2, 0.25) is 0 Å². The highest BCUT2D eigenvalue weighted by atomic mass is 16.5. The van der Waals surface area contributed by atoms with Gasteiger partial charge in [-0.2, -0.15) is 0 Å². The molecular weight excluding hydrogens is 376 g/mol. The quantitative estimate of drug-likeness (QED) is 0.401. The molecule has 3 rings (SSSR count). The van der Waals surface area contributed by atoms with Crippen LogP contribution in [0.4, 0.5) is 0 Å². The Kier molecular flexibility index (Phi) is 6.73. The molecule has 0 aliphatic rings. The van der Waals surface area contributed by atoms with E-state index in [4.69, 9.17) is 23.4 Å². The Balaban J connectivity index is 1.53. The maximum absolute atomic E-state index is 12.0. The number of hydrogen-bond donors (Lipinski definition) is 0. The smallest absolute Gasteiger partial charge is 0.336 e. The Morgan fingerprint density at radius 2 is 1.66 bits per heavy atom. The third-order valence-corrected chi connectivity index (χ3v) is 4.14. The van der Waals surface area contributed by atoms with Crippen LogP contribution in [0.5, 0.6) is 17.2 Å². The average molecular weight is 398 g/mol. The number of carbonyl (C=O) groups excluding carboxylic acids is 1. The predicted octanol–water partition coefficient (Wildman–Crippen LogP) is 3.71. The molecule has 0 saturated heterocycles. The molecule has 1 aromatic heterocycles. The van der Waals surface area contributed by atoms with E-state index < -0.39 is 11.6 Å². The number of esters is 1. The third-order valence-electron chi connectivity index (χ3n) is 4.14. The van der Waals surface area contributed by atoms with Crippen LogP contribution < -0.4 is 19.8 Å². The van der Waals surface area contributed by atoms with Gasteiger partial charge in [-0.3, -0.25) is 4.79 Å². The van der Waals surface area contributed by atoms with Crippen LogP contribution >= 0.6 is 0 Å². The molecule has 7 heteroatoms. The summed E-state index contributed by atoms with van der Waals surface area (Å²) in [7, 11) is 1.53. The lowest BCUT2D eigenvalue weighted by atomic mass is 10.1. The van der Waals surface area contributed by atoms with Crippen molar-refractivity contribution < 1.29 is 28.2 Å². The molecule has 29 heavy (non-hydrogen) atoms. The maximum Gasteiger partial charge on any atom is 0.336 e. The fourth-order valence-electron chi connectivity index (χ4n) is 2.74. The van der Waals surface area contributed by atoms with Crippen molar-refractivity contribution in [2.75, 3.05) is 20.3 Å². The first-order valence-electron chi connectivity index (χ1n) is 9.21. The molecule has 0 radical (unpaired) electrons. The van der Waals surface area contributed by atoms with Crippen molar-refractivity contribution in [3.05, 3.63) is 64.5 Å². The van der Waals surface area contributed by atoms with Crippen LogP contribution in [-0.2, 0) is 16.1 Å². The van der Waals surface area contributed by atoms with Crippen molar-refractivity contribution in [2.24, 2.45) is 0 Å². The summed E-state index contributed by atoms with van der Waals surface area (Å²) in [5.74, 6) is 1.55. The van der Waals surface area contributed by atoms with E-state index in [-0.39, 0.29) is 19.6 Å². The summed E-state index contributed by atoms with van der Waals surface area (Å²) in [6.45, 7) is 2.66. The van der Waals surface area contributed by atoms with Gasteiger partial charge in [0.15, 0.2) is 0 Å². The van der Waals surface area contributed by atoms with Crippen LogP contribution in [0.2, 0.25) is 0 Å². The summed E-state index contributed by atoms with van der Waals surface area (Å²) in [6.07, 6.45) is 0.0837. The van der Waals surface area contributed by atoms with E-state index in [2.05, 4.69) is 0 Å². The second-order valence-electron chi connectivity index (χ2n) is 6.12. The van der Waals surface area contributed by atoms with Crippen LogP contribution in [0.3, 0.4) is 0 Å². The van der Waals surface area contributed by atoms with Gasteiger partial charge in [-0.1, -0.05) is 0 Å². The molecule has 7 nitrogen and oxygen atoms in total. The molecule has 2 aromatic carbocycles. The van der Waals surface area contributed by atoms with E-state index in [0.29, 0.717) is 34.6 Å². The summed E-state index contributed by atoms with van der Waals surface area (Å²) in [5.41, 5.74) is 0.428. The van der Waals surface area contributed by atoms with Crippen molar-refractivity contribution in [2.45, 2.75) is 20.0 Å². The normalized spacial score (nSPS) is 10.6. The topological polar surface area (TPSA) is 84.2 Å². The molecule has 0 fully saturated rings. The van der Waals surface area contributed by atoms with Gasteiger partial charge in [0.25, 0.3) is 0 Å². The van der Waals surface area contributed by atoms with E-state index in [1.165, 1.54) is 13.2 Å². The third kappa shape index (κ3) is 5.51. The predicted molar refractivity (Wildman–Crippen MR) is 107 cm³/mol. The molecule has 0 spiro atoms. The minimum absolute atomic E-state index is 0.0314. The Hall–Kier alpha value is -3.48. The zero-order valence-electron chi connectivity index (χ0n) is 16.3. The van der Waals surface area contributed by atoms with Crippen molar-refractivity contribution in [3.8, 4) is 17.2 Å². The maximum atomic E-state index is 12.0. The van der Waals surface area contributed by atoms with E-state index in [1.54, 1.807) is 42.5 Å². The Morgan fingerprint density at radius 1 is 0.966 bits per heavy atom. The van der Waals surface area contributed by atoms with Crippen LogP contribution in [-0.4, -0.2) is 26.3 Å². The summed E-state index contributed by atoms with van der Waals surface area (Å²) in [4.78, 5) is 23.8. The lowest BCUT2D eigenvalue weighted by molar-refractivity contribution is -0.145. The number of carbonyl (C=O) groups is 1. The largest absolute Gasteiger partial charge is 0.497 e. The highest BCUT2D eigenvalue weighted by Crippen LogP contribution is 2.23. The molecule has 0 saturated carbocycles. The first kappa shape index (κ1) is 20.3. The van der Waals surface area contributed by atoms with E-state index in [9.17, 15) is 9.59 Å². The lowest BCUT2D eigenvalue weighted by Crippen LogP contribution is -2.11. The van der Waals surface area contributed by atoms with Gasteiger partial charge in [-0.05, 0) is 43.3 Å². The minimum Gasteiger partial charge on any atom is -0.497 e. The molecule has 152 valence electrons.